The van der Waals surface area contributed by atoms with Crippen LogP contribution in [0, 0.1) is 12.8 Å². The largest absolute Gasteiger partial charge is 0.330 e. The van der Waals surface area contributed by atoms with E-state index < -0.39 is 0 Å². The van der Waals surface area contributed by atoms with E-state index in [1.54, 1.807) is 0 Å². The van der Waals surface area contributed by atoms with E-state index in [0.717, 1.165) is 37.3 Å². The first-order valence-corrected chi connectivity index (χ1v) is 7.47. The second-order valence-electron chi connectivity index (χ2n) is 5.68. The second kappa shape index (κ2) is 9.03. The van der Waals surface area contributed by atoms with Gasteiger partial charge < -0.3 is 11.1 Å². The van der Waals surface area contributed by atoms with Crippen molar-refractivity contribution in [2.75, 3.05) is 31.5 Å². The molecule has 21 heavy (non-hydrogen) atoms. The summed E-state index contributed by atoms with van der Waals surface area (Å²) in [6, 6.07) is 7.88. The predicted molar refractivity (Wildman–Crippen MR) is 89.9 cm³/mol. The van der Waals surface area contributed by atoms with Gasteiger partial charge in [0.25, 0.3) is 0 Å². The third-order valence-corrected chi connectivity index (χ3v) is 3.96. The first kappa shape index (κ1) is 18.0. The van der Waals surface area contributed by atoms with Gasteiger partial charge in [-0.3, -0.25) is 9.69 Å². The minimum absolute atomic E-state index is 0. The summed E-state index contributed by atoms with van der Waals surface area (Å²) in [6.45, 7) is 5.25. The minimum Gasteiger partial charge on any atom is -0.330 e. The molecular weight excluding hydrogens is 286 g/mol. The topological polar surface area (TPSA) is 58.4 Å². The number of anilines is 1. The predicted octanol–water partition coefficient (Wildman–Crippen LogP) is 2.42. The Hall–Kier alpha value is -1.10. The first-order valence-electron chi connectivity index (χ1n) is 7.47. The number of nitrogens with zero attached hydrogens (tertiary/aromatic N) is 1. The molecule has 1 aliphatic rings. The summed E-state index contributed by atoms with van der Waals surface area (Å²) in [6.07, 6.45) is 3.48. The van der Waals surface area contributed by atoms with E-state index in [9.17, 15) is 4.79 Å². The molecule has 1 saturated heterocycles. The van der Waals surface area contributed by atoms with Gasteiger partial charge >= 0.3 is 0 Å². The van der Waals surface area contributed by atoms with Crippen LogP contribution in [-0.2, 0) is 4.79 Å². The number of rotatable bonds is 5. The van der Waals surface area contributed by atoms with Crippen molar-refractivity contribution < 1.29 is 4.79 Å². The molecule has 0 aliphatic carbocycles. The Bertz CT molecular complexity index is 451. The Morgan fingerprint density at radius 3 is 2.90 bits per heavy atom. The zero-order chi connectivity index (χ0) is 14.4. The van der Waals surface area contributed by atoms with Gasteiger partial charge in [0, 0.05) is 12.2 Å². The smallest absolute Gasteiger partial charge is 0.238 e. The fourth-order valence-corrected chi connectivity index (χ4v) is 2.87. The summed E-state index contributed by atoms with van der Waals surface area (Å²) in [7, 11) is 0. The molecule has 1 fully saturated rings. The fraction of sp³-hybridized carbons (Fsp3) is 0.562. The van der Waals surface area contributed by atoms with E-state index >= 15 is 0 Å². The molecule has 0 bridgehead atoms. The van der Waals surface area contributed by atoms with Crippen LogP contribution in [-0.4, -0.2) is 37.0 Å². The molecule has 1 unspecified atom stereocenters. The minimum atomic E-state index is 0. The highest BCUT2D eigenvalue weighted by molar-refractivity contribution is 5.92. The van der Waals surface area contributed by atoms with Gasteiger partial charge in [0.1, 0.15) is 0 Å². The van der Waals surface area contributed by atoms with Crippen molar-refractivity contribution in [2.45, 2.75) is 26.2 Å². The summed E-state index contributed by atoms with van der Waals surface area (Å²) in [5.41, 5.74) is 7.63. The number of carbonyl (C=O) groups is 1. The molecule has 0 spiro atoms. The van der Waals surface area contributed by atoms with Crippen LogP contribution in [0.5, 0.6) is 0 Å². The Kier molecular flexibility index (Phi) is 7.72. The highest BCUT2D eigenvalue weighted by Gasteiger charge is 2.21. The van der Waals surface area contributed by atoms with Crippen LogP contribution in [0.4, 0.5) is 5.69 Å². The lowest BCUT2D eigenvalue weighted by atomic mass is 9.95. The number of nitrogens with one attached hydrogen (secondary N) is 1. The third-order valence-electron chi connectivity index (χ3n) is 3.96. The lowest BCUT2D eigenvalue weighted by molar-refractivity contribution is -0.117. The Morgan fingerprint density at radius 1 is 1.43 bits per heavy atom. The van der Waals surface area contributed by atoms with Crippen LogP contribution < -0.4 is 11.1 Å². The average molecular weight is 312 g/mol. The van der Waals surface area contributed by atoms with E-state index in [4.69, 9.17) is 5.73 Å². The monoisotopic (exact) mass is 311 g/mol. The molecule has 3 N–H and O–H groups in total. The van der Waals surface area contributed by atoms with Crippen molar-refractivity contribution in [1.82, 2.24) is 4.90 Å². The van der Waals surface area contributed by atoms with Crippen molar-refractivity contribution in [1.29, 1.82) is 0 Å². The number of hydrogen-bond donors (Lipinski definition) is 2. The maximum atomic E-state index is 12.1. The van der Waals surface area contributed by atoms with Gasteiger partial charge in [-0.2, -0.15) is 0 Å². The number of likely N-dealkylation sites (tertiary alicyclic amines) is 1. The number of piperidine rings is 1. The van der Waals surface area contributed by atoms with Crippen molar-refractivity contribution in [3.63, 3.8) is 0 Å². The normalized spacial score (nSPS) is 18.9. The van der Waals surface area contributed by atoms with Gasteiger partial charge in [0.2, 0.25) is 5.91 Å². The highest BCUT2D eigenvalue weighted by Crippen LogP contribution is 2.19. The SMILES string of the molecule is Cc1ccccc1NC(=O)CN1CCCC(CCN)C1.Cl. The Morgan fingerprint density at radius 2 is 2.19 bits per heavy atom. The van der Waals surface area contributed by atoms with Gasteiger partial charge in [-0.1, -0.05) is 18.2 Å². The summed E-state index contributed by atoms with van der Waals surface area (Å²) in [4.78, 5) is 14.4. The summed E-state index contributed by atoms with van der Waals surface area (Å²) < 4.78 is 0. The zero-order valence-corrected chi connectivity index (χ0v) is 13.5. The van der Waals surface area contributed by atoms with Crippen LogP contribution in [0.2, 0.25) is 0 Å². The molecule has 0 saturated carbocycles. The Balaban J connectivity index is 0.00000220. The maximum Gasteiger partial charge on any atom is 0.238 e. The molecule has 0 aromatic heterocycles. The maximum absolute atomic E-state index is 12.1. The molecule has 0 radical (unpaired) electrons. The molecule has 1 atom stereocenters. The lowest BCUT2D eigenvalue weighted by Crippen LogP contribution is -2.41. The van der Waals surface area contributed by atoms with E-state index in [0.29, 0.717) is 12.5 Å². The summed E-state index contributed by atoms with van der Waals surface area (Å²) in [5, 5.41) is 3.00. The molecule has 1 amide bonds. The summed E-state index contributed by atoms with van der Waals surface area (Å²) in [5.74, 6) is 0.729. The van der Waals surface area contributed by atoms with Gasteiger partial charge in [0.05, 0.1) is 6.54 Å². The van der Waals surface area contributed by atoms with Gasteiger partial charge in [-0.15, -0.1) is 12.4 Å². The Labute approximate surface area is 133 Å². The van der Waals surface area contributed by atoms with Gasteiger partial charge in [-0.05, 0) is 56.8 Å². The van der Waals surface area contributed by atoms with Crippen LogP contribution >= 0.6 is 12.4 Å². The molecule has 4 nitrogen and oxygen atoms in total. The fourth-order valence-electron chi connectivity index (χ4n) is 2.87. The van der Waals surface area contributed by atoms with Gasteiger partial charge in [0.15, 0.2) is 0 Å². The number of benzene rings is 1. The second-order valence-corrected chi connectivity index (χ2v) is 5.68. The molecule has 1 aromatic carbocycles. The van der Waals surface area contributed by atoms with E-state index in [1.807, 2.05) is 31.2 Å². The van der Waals surface area contributed by atoms with Crippen LogP contribution in [0.3, 0.4) is 0 Å². The molecule has 5 heteroatoms. The number of hydrogen-bond acceptors (Lipinski definition) is 3. The van der Waals surface area contributed by atoms with Crippen LogP contribution in [0.15, 0.2) is 24.3 Å². The third kappa shape index (κ3) is 5.65. The van der Waals surface area contributed by atoms with E-state index in [-0.39, 0.29) is 18.3 Å². The average Bonchev–Trinajstić information content (AvgIpc) is 2.42. The van der Waals surface area contributed by atoms with Crippen LogP contribution in [0.25, 0.3) is 0 Å². The number of para-hydroxylation sites is 1. The van der Waals surface area contributed by atoms with E-state index in [1.165, 1.54) is 12.8 Å². The lowest BCUT2D eigenvalue weighted by Gasteiger charge is -2.32. The van der Waals surface area contributed by atoms with Gasteiger partial charge in [-0.25, -0.2) is 0 Å². The molecule has 118 valence electrons. The number of carbonyl (C=O) groups excluding carboxylic acids is 1. The zero-order valence-electron chi connectivity index (χ0n) is 12.7. The number of nitrogens with two attached hydrogens (primary N) is 1. The van der Waals surface area contributed by atoms with Crippen molar-refractivity contribution >= 4 is 24.0 Å². The number of amides is 1. The summed E-state index contributed by atoms with van der Waals surface area (Å²) >= 11 is 0. The standard InChI is InChI=1S/C16H25N3O.ClH/c1-13-5-2-3-7-15(13)18-16(20)12-19-10-4-6-14(11-19)8-9-17;/h2-3,5,7,14H,4,6,8-12,17H2,1H3,(H,18,20);1H. The van der Waals surface area contributed by atoms with Crippen molar-refractivity contribution in [3.05, 3.63) is 29.8 Å². The molecular formula is C16H26ClN3O. The van der Waals surface area contributed by atoms with Crippen molar-refractivity contribution in [2.24, 2.45) is 11.7 Å². The van der Waals surface area contributed by atoms with Crippen molar-refractivity contribution in [3.8, 4) is 0 Å². The number of aryl methyl sites for hydroxylation is 1. The van der Waals surface area contributed by atoms with Crippen LogP contribution in [0.1, 0.15) is 24.8 Å². The van der Waals surface area contributed by atoms with E-state index in [2.05, 4.69) is 10.2 Å². The first-order chi connectivity index (χ1) is 9.69. The molecule has 1 heterocycles. The highest BCUT2D eigenvalue weighted by atomic mass is 35.5. The molecule has 2 rings (SSSR count). The quantitative estimate of drug-likeness (QED) is 0.878. The molecule has 1 aliphatic heterocycles. The molecule has 1 aromatic rings. The number of halogens is 1.